The van der Waals surface area contributed by atoms with Gasteiger partial charge in [0.2, 0.25) is 0 Å². The Morgan fingerprint density at radius 1 is 1.54 bits per heavy atom. The molecule has 1 amide bonds. The van der Waals surface area contributed by atoms with Crippen LogP contribution in [0.5, 0.6) is 0 Å². The molecule has 0 aromatic heterocycles. The summed E-state index contributed by atoms with van der Waals surface area (Å²) >= 11 is 0. The molecule has 1 saturated heterocycles. The molecular weight excluding hydrogens is 166 g/mol. The van der Waals surface area contributed by atoms with Crippen molar-refractivity contribution in [1.82, 2.24) is 5.32 Å². The van der Waals surface area contributed by atoms with Gasteiger partial charge in [0.15, 0.2) is 0 Å². The van der Waals surface area contributed by atoms with Crippen molar-refractivity contribution in [2.45, 2.75) is 20.8 Å². The number of hydrogen-bond acceptors (Lipinski definition) is 2. The van der Waals surface area contributed by atoms with Crippen LogP contribution in [0.2, 0.25) is 0 Å². The number of ether oxygens (including phenoxy) is 1. The molecule has 0 aromatic rings. The smallest absolute Gasteiger partial charge is 0.411 e. The van der Waals surface area contributed by atoms with Crippen LogP contribution >= 0.6 is 0 Å². The lowest BCUT2D eigenvalue weighted by Crippen LogP contribution is -2.32. The summed E-state index contributed by atoms with van der Waals surface area (Å²) in [5, 5.41) is 2.65. The second kappa shape index (κ2) is 4.12. The fraction of sp³-hybridized carbons (Fsp3) is 0.500. The molecule has 0 unspecified atom stereocenters. The van der Waals surface area contributed by atoms with Crippen molar-refractivity contribution >= 4 is 6.09 Å². The van der Waals surface area contributed by atoms with Gasteiger partial charge >= 0.3 is 6.09 Å². The van der Waals surface area contributed by atoms with Crippen LogP contribution in [0.15, 0.2) is 23.4 Å². The zero-order valence-corrected chi connectivity index (χ0v) is 8.26. The lowest BCUT2D eigenvalue weighted by atomic mass is 10.1. The van der Waals surface area contributed by atoms with E-state index in [4.69, 9.17) is 4.74 Å². The van der Waals surface area contributed by atoms with Gasteiger partial charge < -0.3 is 4.74 Å². The molecule has 0 aromatic carbocycles. The van der Waals surface area contributed by atoms with Crippen molar-refractivity contribution in [2.24, 2.45) is 5.92 Å². The predicted octanol–water partition coefficient (Wildman–Crippen LogP) is 2.21. The van der Waals surface area contributed by atoms with E-state index in [1.54, 1.807) is 0 Å². The third-order valence-corrected chi connectivity index (χ3v) is 1.76. The van der Waals surface area contributed by atoms with Crippen molar-refractivity contribution in [2.75, 3.05) is 6.61 Å². The molecule has 1 aliphatic rings. The standard InChI is InChI=1S/C10H15NO2/c1-4-9-8(5-7(2)3)6-13-10(12)11-9/h4-5,7H,6H2,1-3H3,(H,11,12)/b8-5-,9-4+. The molecule has 0 saturated carbocycles. The van der Waals surface area contributed by atoms with E-state index < -0.39 is 0 Å². The Labute approximate surface area is 78.5 Å². The molecule has 1 heterocycles. The van der Waals surface area contributed by atoms with Gasteiger partial charge in [-0.05, 0) is 12.8 Å². The molecule has 3 nitrogen and oxygen atoms in total. The summed E-state index contributed by atoms with van der Waals surface area (Å²) in [6.07, 6.45) is 3.61. The molecule has 1 aliphatic heterocycles. The van der Waals surface area contributed by atoms with Crippen molar-refractivity contribution in [3.05, 3.63) is 23.4 Å². The zero-order valence-electron chi connectivity index (χ0n) is 8.26. The van der Waals surface area contributed by atoms with E-state index in [0.717, 1.165) is 11.3 Å². The Kier molecular flexibility index (Phi) is 3.12. The monoisotopic (exact) mass is 181 g/mol. The van der Waals surface area contributed by atoms with Crippen molar-refractivity contribution in [1.29, 1.82) is 0 Å². The SMILES string of the molecule is C/C=C1/NC(=O)OC/C1=C/C(C)C. The first kappa shape index (κ1) is 9.84. The number of carbonyl (C=O) groups is 1. The maximum Gasteiger partial charge on any atom is 0.411 e. The maximum absolute atomic E-state index is 10.9. The van der Waals surface area contributed by atoms with Crippen molar-refractivity contribution < 1.29 is 9.53 Å². The Balaban J connectivity index is 2.80. The van der Waals surface area contributed by atoms with Gasteiger partial charge in [-0.15, -0.1) is 0 Å². The first-order chi connectivity index (χ1) is 6.13. The number of carbonyl (C=O) groups excluding carboxylic acids is 1. The molecule has 72 valence electrons. The number of hydrogen-bond donors (Lipinski definition) is 1. The highest BCUT2D eigenvalue weighted by Gasteiger charge is 2.17. The third-order valence-electron chi connectivity index (χ3n) is 1.76. The number of nitrogens with one attached hydrogen (secondary N) is 1. The summed E-state index contributed by atoms with van der Waals surface area (Å²) in [6, 6.07) is 0. The lowest BCUT2D eigenvalue weighted by molar-refractivity contribution is 0.151. The maximum atomic E-state index is 10.9. The largest absolute Gasteiger partial charge is 0.444 e. The summed E-state index contributed by atoms with van der Waals surface area (Å²) < 4.78 is 4.86. The minimum absolute atomic E-state index is 0.367. The number of cyclic esters (lactones) is 1. The fourth-order valence-corrected chi connectivity index (χ4v) is 1.25. The summed E-state index contributed by atoms with van der Waals surface area (Å²) in [4.78, 5) is 10.9. The quantitative estimate of drug-likeness (QED) is 0.673. The van der Waals surface area contributed by atoms with E-state index in [9.17, 15) is 4.79 Å². The number of amides is 1. The Morgan fingerprint density at radius 2 is 2.23 bits per heavy atom. The van der Waals surface area contributed by atoms with Crippen LogP contribution in [0, 0.1) is 5.92 Å². The average molecular weight is 181 g/mol. The highest BCUT2D eigenvalue weighted by atomic mass is 16.5. The van der Waals surface area contributed by atoms with Gasteiger partial charge in [-0.1, -0.05) is 26.0 Å². The van der Waals surface area contributed by atoms with Crippen LogP contribution in [0.1, 0.15) is 20.8 Å². The van der Waals surface area contributed by atoms with Gasteiger partial charge in [-0.2, -0.15) is 0 Å². The highest BCUT2D eigenvalue weighted by Crippen LogP contribution is 2.15. The molecular formula is C10H15NO2. The highest BCUT2D eigenvalue weighted by molar-refractivity contribution is 5.73. The molecule has 0 aliphatic carbocycles. The number of alkyl carbamates (subject to hydrolysis) is 1. The van der Waals surface area contributed by atoms with E-state index in [1.165, 1.54) is 0 Å². The summed E-state index contributed by atoms with van der Waals surface area (Å²) in [7, 11) is 0. The fourth-order valence-electron chi connectivity index (χ4n) is 1.25. The van der Waals surface area contributed by atoms with E-state index in [-0.39, 0.29) is 6.09 Å². The predicted molar refractivity (Wildman–Crippen MR) is 51.2 cm³/mol. The second-order valence-corrected chi connectivity index (χ2v) is 3.34. The molecule has 1 N–H and O–H groups in total. The van der Waals surface area contributed by atoms with Gasteiger partial charge in [0.05, 0.1) is 0 Å². The zero-order chi connectivity index (χ0) is 9.84. The summed E-state index contributed by atoms with van der Waals surface area (Å²) in [5.41, 5.74) is 1.92. The van der Waals surface area contributed by atoms with Gasteiger partial charge in [-0.25, -0.2) is 4.79 Å². The Morgan fingerprint density at radius 3 is 2.77 bits per heavy atom. The molecule has 0 bridgehead atoms. The molecule has 1 fully saturated rings. The summed E-state index contributed by atoms with van der Waals surface area (Å²) in [5.74, 6) is 0.462. The van der Waals surface area contributed by atoms with Crippen molar-refractivity contribution in [3.8, 4) is 0 Å². The lowest BCUT2D eigenvalue weighted by Gasteiger charge is -2.20. The normalized spacial score (nSPS) is 23.5. The number of allylic oxidation sites excluding steroid dienone is 2. The van der Waals surface area contributed by atoms with Crippen molar-refractivity contribution in [3.63, 3.8) is 0 Å². The Bertz CT molecular complexity index is 264. The topological polar surface area (TPSA) is 38.3 Å². The molecule has 0 spiro atoms. The van der Waals surface area contributed by atoms with Gasteiger partial charge in [0, 0.05) is 11.3 Å². The Hall–Kier alpha value is -1.25. The van der Waals surface area contributed by atoms with E-state index >= 15 is 0 Å². The van der Waals surface area contributed by atoms with Gasteiger partial charge in [0.25, 0.3) is 0 Å². The summed E-state index contributed by atoms with van der Waals surface area (Å²) in [6.45, 7) is 6.46. The van der Waals surface area contributed by atoms with Crippen LogP contribution in [-0.4, -0.2) is 12.7 Å². The van der Waals surface area contributed by atoms with E-state index in [1.807, 2.05) is 13.0 Å². The van der Waals surface area contributed by atoms with Crippen LogP contribution in [0.4, 0.5) is 4.79 Å². The van der Waals surface area contributed by atoms with Crippen LogP contribution in [-0.2, 0) is 4.74 Å². The third kappa shape index (κ3) is 2.61. The van der Waals surface area contributed by atoms with Crippen LogP contribution in [0.25, 0.3) is 0 Å². The van der Waals surface area contributed by atoms with Gasteiger partial charge in [0.1, 0.15) is 6.61 Å². The molecule has 0 atom stereocenters. The minimum Gasteiger partial charge on any atom is -0.444 e. The molecule has 3 heteroatoms. The number of rotatable bonds is 1. The second-order valence-electron chi connectivity index (χ2n) is 3.34. The van der Waals surface area contributed by atoms with Crippen LogP contribution < -0.4 is 5.32 Å². The first-order valence-corrected chi connectivity index (χ1v) is 4.44. The molecule has 13 heavy (non-hydrogen) atoms. The van der Waals surface area contributed by atoms with Gasteiger partial charge in [-0.3, -0.25) is 5.32 Å². The molecule has 0 radical (unpaired) electrons. The van der Waals surface area contributed by atoms with E-state index in [0.29, 0.717) is 12.5 Å². The van der Waals surface area contributed by atoms with E-state index in [2.05, 4.69) is 25.2 Å². The van der Waals surface area contributed by atoms with Crippen LogP contribution in [0.3, 0.4) is 0 Å². The average Bonchev–Trinajstić information content (AvgIpc) is 2.07. The minimum atomic E-state index is -0.367. The molecule has 1 rings (SSSR count). The first-order valence-electron chi connectivity index (χ1n) is 4.44.